The van der Waals surface area contributed by atoms with Crippen LogP contribution >= 0.6 is 0 Å². The number of pyridine rings is 1. The predicted molar refractivity (Wildman–Crippen MR) is 90.1 cm³/mol. The van der Waals surface area contributed by atoms with Crippen molar-refractivity contribution >= 4 is 5.96 Å². The highest BCUT2D eigenvalue weighted by atomic mass is 16.3. The molecule has 1 heterocycles. The van der Waals surface area contributed by atoms with E-state index in [0.717, 1.165) is 51.2 Å². The molecule has 0 atom stereocenters. The van der Waals surface area contributed by atoms with Crippen molar-refractivity contribution in [1.82, 2.24) is 15.6 Å². The normalized spacial score (nSPS) is 22.4. The summed E-state index contributed by atoms with van der Waals surface area (Å²) in [5.74, 6) is 0.885. The summed E-state index contributed by atoms with van der Waals surface area (Å²) in [4.78, 5) is 8.79. The molecule has 5 nitrogen and oxygen atoms in total. The number of rotatable bonds is 5. The predicted octanol–water partition coefficient (Wildman–Crippen LogP) is 1.79. The van der Waals surface area contributed by atoms with E-state index in [0.29, 0.717) is 6.04 Å². The lowest BCUT2D eigenvalue weighted by atomic mass is 9.93. The second-order valence-corrected chi connectivity index (χ2v) is 5.96. The largest absolute Gasteiger partial charge is 0.393 e. The number of hydrogen-bond donors (Lipinski definition) is 3. The average Bonchev–Trinajstić information content (AvgIpc) is 2.51. The lowest BCUT2D eigenvalue weighted by molar-refractivity contribution is 0.120. The van der Waals surface area contributed by atoms with Gasteiger partial charge in [0.05, 0.1) is 6.10 Å². The highest BCUT2D eigenvalue weighted by molar-refractivity contribution is 5.80. The molecule has 0 bridgehead atoms. The second-order valence-electron chi connectivity index (χ2n) is 5.96. The fourth-order valence-corrected chi connectivity index (χ4v) is 2.80. The van der Waals surface area contributed by atoms with Gasteiger partial charge in [-0.2, -0.15) is 0 Å². The first-order chi connectivity index (χ1) is 10.7. The number of aliphatic hydroxyl groups excluding tert-OH is 1. The summed E-state index contributed by atoms with van der Waals surface area (Å²) in [5.41, 5.74) is 2.52. The number of nitrogens with one attached hydrogen (secondary N) is 2. The van der Waals surface area contributed by atoms with Crippen LogP contribution in [0.2, 0.25) is 0 Å². The lowest BCUT2D eigenvalue weighted by Gasteiger charge is -2.27. The molecule has 1 aromatic rings. The summed E-state index contributed by atoms with van der Waals surface area (Å²) < 4.78 is 0. The Morgan fingerprint density at radius 3 is 2.82 bits per heavy atom. The van der Waals surface area contributed by atoms with E-state index in [1.54, 1.807) is 0 Å². The Balaban J connectivity index is 1.85. The number of aromatic nitrogens is 1. The molecule has 0 aromatic carbocycles. The maximum absolute atomic E-state index is 9.58. The van der Waals surface area contributed by atoms with Gasteiger partial charge in [0, 0.05) is 31.5 Å². The minimum Gasteiger partial charge on any atom is -0.393 e. The van der Waals surface area contributed by atoms with E-state index < -0.39 is 0 Å². The third-order valence-corrected chi connectivity index (χ3v) is 4.17. The number of nitrogens with zero attached hydrogens (tertiary/aromatic N) is 2. The summed E-state index contributed by atoms with van der Waals surface area (Å²) in [6, 6.07) is 2.48. The first kappa shape index (κ1) is 16.7. The van der Waals surface area contributed by atoms with Gasteiger partial charge in [-0.3, -0.25) is 9.98 Å². The quantitative estimate of drug-likeness (QED) is 0.573. The van der Waals surface area contributed by atoms with E-state index in [1.165, 1.54) is 11.1 Å². The molecule has 0 saturated heterocycles. The number of aryl methyl sites for hydroxylation is 1. The van der Waals surface area contributed by atoms with Crippen LogP contribution in [0, 0.1) is 6.92 Å². The van der Waals surface area contributed by atoms with Gasteiger partial charge in [0.15, 0.2) is 5.96 Å². The van der Waals surface area contributed by atoms with E-state index in [-0.39, 0.29) is 6.10 Å². The Hall–Kier alpha value is -1.62. The molecule has 1 fully saturated rings. The zero-order valence-corrected chi connectivity index (χ0v) is 13.7. The molecule has 1 aliphatic rings. The van der Waals surface area contributed by atoms with Crippen LogP contribution in [0.15, 0.2) is 23.5 Å². The molecule has 3 N–H and O–H groups in total. The van der Waals surface area contributed by atoms with Crippen LogP contribution in [-0.4, -0.2) is 41.3 Å². The molecule has 0 amide bonds. The van der Waals surface area contributed by atoms with E-state index in [1.807, 2.05) is 12.4 Å². The summed E-state index contributed by atoms with van der Waals surface area (Å²) in [6.07, 6.45) is 8.32. The first-order valence-electron chi connectivity index (χ1n) is 8.31. The molecule has 5 heteroatoms. The van der Waals surface area contributed by atoms with Crippen LogP contribution in [0.4, 0.5) is 0 Å². The van der Waals surface area contributed by atoms with E-state index >= 15 is 0 Å². The highest BCUT2D eigenvalue weighted by Gasteiger charge is 2.19. The summed E-state index contributed by atoms with van der Waals surface area (Å²) in [7, 11) is 0. The van der Waals surface area contributed by atoms with E-state index in [9.17, 15) is 5.11 Å². The topological polar surface area (TPSA) is 69.5 Å². The average molecular weight is 304 g/mol. The second kappa shape index (κ2) is 8.73. The summed E-state index contributed by atoms with van der Waals surface area (Å²) in [6.45, 7) is 5.78. The molecule has 0 radical (unpaired) electrons. The molecule has 1 aliphatic carbocycles. The molecule has 0 unspecified atom stereocenters. The molecule has 1 aromatic heterocycles. The highest BCUT2D eigenvalue weighted by Crippen LogP contribution is 2.18. The molecule has 122 valence electrons. The minimum absolute atomic E-state index is 0.118. The third-order valence-electron chi connectivity index (χ3n) is 4.17. The number of hydrogen-bond acceptors (Lipinski definition) is 3. The van der Waals surface area contributed by atoms with Gasteiger partial charge in [0.2, 0.25) is 0 Å². The molecule has 0 aliphatic heterocycles. The Morgan fingerprint density at radius 1 is 1.36 bits per heavy atom. The van der Waals surface area contributed by atoms with Crippen molar-refractivity contribution in [3.05, 3.63) is 29.6 Å². The van der Waals surface area contributed by atoms with Gasteiger partial charge in [-0.25, -0.2) is 0 Å². The van der Waals surface area contributed by atoms with Gasteiger partial charge in [0.25, 0.3) is 0 Å². The fraction of sp³-hybridized carbons (Fsp3) is 0.647. The summed E-state index contributed by atoms with van der Waals surface area (Å²) >= 11 is 0. The van der Waals surface area contributed by atoms with Crippen molar-refractivity contribution in [2.75, 3.05) is 13.1 Å². The number of aliphatic hydroxyl groups is 1. The van der Waals surface area contributed by atoms with Crippen molar-refractivity contribution in [2.45, 2.75) is 58.1 Å². The van der Waals surface area contributed by atoms with Crippen LogP contribution in [-0.2, 0) is 6.42 Å². The maximum Gasteiger partial charge on any atom is 0.191 e. The van der Waals surface area contributed by atoms with Crippen LogP contribution in [0.25, 0.3) is 0 Å². The smallest absolute Gasteiger partial charge is 0.191 e. The third kappa shape index (κ3) is 5.30. The molecule has 2 rings (SSSR count). The zero-order chi connectivity index (χ0) is 15.8. The van der Waals surface area contributed by atoms with E-state index in [4.69, 9.17) is 0 Å². The lowest BCUT2D eigenvalue weighted by Crippen LogP contribution is -2.45. The number of guanidine groups is 1. The van der Waals surface area contributed by atoms with Crippen LogP contribution in [0.1, 0.15) is 43.7 Å². The standard InChI is InChI=1S/C17H28N4O/c1-3-19-17(21-15-4-6-16(22)7-5-15)20-11-9-14-8-10-18-12-13(14)2/h8,10,12,15-16,22H,3-7,9,11H2,1-2H3,(H2,19,20,21). The Morgan fingerprint density at radius 2 is 2.14 bits per heavy atom. The van der Waals surface area contributed by atoms with Gasteiger partial charge in [-0.15, -0.1) is 0 Å². The van der Waals surface area contributed by atoms with Crippen LogP contribution in [0.3, 0.4) is 0 Å². The van der Waals surface area contributed by atoms with Crippen molar-refractivity contribution in [2.24, 2.45) is 4.99 Å². The molecule has 1 saturated carbocycles. The fourth-order valence-electron chi connectivity index (χ4n) is 2.80. The Bertz CT molecular complexity index is 481. The van der Waals surface area contributed by atoms with E-state index in [2.05, 4.69) is 40.5 Å². The van der Waals surface area contributed by atoms with Crippen molar-refractivity contribution in [1.29, 1.82) is 0 Å². The number of aliphatic imine (C=N–C) groups is 1. The first-order valence-corrected chi connectivity index (χ1v) is 8.31. The SMILES string of the molecule is CCNC(=NCCc1ccncc1C)NC1CCC(O)CC1. The monoisotopic (exact) mass is 304 g/mol. The van der Waals surface area contributed by atoms with Crippen molar-refractivity contribution < 1.29 is 5.11 Å². The Kier molecular flexibility index (Phi) is 6.65. The van der Waals surface area contributed by atoms with Gasteiger partial charge >= 0.3 is 0 Å². The van der Waals surface area contributed by atoms with Crippen molar-refractivity contribution in [3.63, 3.8) is 0 Å². The maximum atomic E-state index is 9.58. The molecular weight excluding hydrogens is 276 g/mol. The molecule has 0 spiro atoms. The van der Waals surface area contributed by atoms with Crippen LogP contribution < -0.4 is 10.6 Å². The van der Waals surface area contributed by atoms with Gasteiger partial charge in [-0.1, -0.05) is 0 Å². The van der Waals surface area contributed by atoms with Gasteiger partial charge < -0.3 is 15.7 Å². The van der Waals surface area contributed by atoms with Crippen molar-refractivity contribution in [3.8, 4) is 0 Å². The zero-order valence-electron chi connectivity index (χ0n) is 13.7. The van der Waals surface area contributed by atoms with Gasteiger partial charge in [0.1, 0.15) is 0 Å². The summed E-state index contributed by atoms with van der Waals surface area (Å²) in [5, 5.41) is 16.4. The van der Waals surface area contributed by atoms with Gasteiger partial charge in [-0.05, 0) is 63.1 Å². The Labute approximate surface area is 133 Å². The molecular formula is C17H28N4O. The molecule has 22 heavy (non-hydrogen) atoms. The van der Waals surface area contributed by atoms with Crippen LogP contribution in [0.5, 0.6) is 0 Å². The minimum atomic E-state index is -0.118.